The highest BCUT2D eigenvalue weighted by Gasteiger charge is 2.12. The molecule has 0 unspecified atom stereocenters. The predicted molar refractivity (Wildman–Crippen MR) is 121 cm³/mol. The summed E-state index contributed by atoms with van der Waals surface area (Å²) >= 11 is 2.82. The maximum atomic E-state index is 12.4. The molecule has 2 amide bonds. The summed E-state index contributed by atoms with van der Waals surface area (Å²) in [6.07, 6.45) is 0.209. The van der Waals surface area contributed by atoms with Crippen molar-refractivity contribution >= 4 is 46.3 Å². The molecule has 1 aromatic heterocycles. The zero-order valence-electron chi connectivity index (χ0n) is 16.6. The van der Waals surface area contributed by atoms with Gasteiger partial charge in [-0.25, -0.2) is 4.98 Å². The smallest absolute Gasteiger partial charge is 0.234 e. The molecule has 0 radical (unpaired) electrons. The minimum absolute atomic E-state index is 0.0802. The van der Waals surface area contributed by atoms with E-state index in [-0.39, 0.29) is 24.0 Å². The second-order valence-corrected chi connectivity index (χ2v) is 8.88. The average Bonchev–Trinajstić information content (AvgIpc) is 3.12. The first-order valence-electron chi connectivity index (χ1n) is 9.20. The molecule has 0 saturated carbocycles. The summed E-state index contributed by atoms with van der Waals surface area (Å²) in [5.74, 6) is 0.0971. The maximum Gasteiger partial charge on any atom is 0.234 e. The standard InChI is InChI=1S/C22H23N3O2S2/c1-14-7-9-17(10-8-14)23-20(27)13-29-22-24-18(12-28-22)11-19(26)25-21-15(2)5-4-6-16(21)3/h4-10,12H,11,13H2,1-3H3,(H,23,27)(H,25,26). The molecular weight excluding hydrogens is 402 g/mol. The minimum Gasteiger partial charge on any atom is -0.325 e. The van der Waals surface area contributed by atoms with Crippen molar-refractivity contribution in [3.63, 3.8) is 0 Å². The van der Waals surface area contributed by atoms with Crippen LogP contribution in [0.2, 0.25) is 0 Å². The molecule has 7 heteroatoms. The fraction of sp³-hybridized carbons (Fsp3) is 0.227. The molecular formula is C22H23N3O2S2. The maximum absolute atomic E-state index is 12.4. The number of aromatic nitrogens is 1. The summed E-state index contributed by atoms with van der Waals surface area (Å²) in [4.78, 5) is 28.9. The molecule has 0 aliphatic heterocycles. The Kier molecular flexibility index (Phi) is 7.06. The van der Waals surface area contributed by atoms with Gasteiger partial charge >= 0.3 is 0 Å². The van der Waals surface area contributed by atoms with Crippen molar-refractivity contribution in [1.29, 1.82) is 0 Å². The fourth-order valence-electron chi connectivity index (χ4n) is 2.76. The van der Waals surface area contributed by atoms with Gasteiger partial charge in [-0.05, 0) is 44.0 Å². The number of thiazole rings is 1. The Labute approximate surface area is 179 Å². The first-order valence-corrected chi connectivity index (χ1v) is 11.1. The normalized spacial score (nSPS) is 10.6. The molecule has 3 aromatic rings. The van der Waals surface area contributed by atoms with E-state index in [2.05, 4.69) is 15.6 Å². The molecule has 3 rings (SSSR count). The molecule has 2 N–H and O–H groups in total. The number of carbonyl (C=O) groups is 2. The van der Waals surface area contributed by atoms with Gasteiger partial charge in [0.2, 0.25) is 11.8 Å². The Morgan fingerprint density at radius 3 is 2.34 bits per heavy atom. The van der Waals surface area contributed by atoms with Gasteiger partial charge < -0.3 is 10.6 Å². The van der Waals surface area contributed by atoms with Gasteiger partial charge in [0, 0.05) is 16.8 Å². The van der Waals surface area contributed by atoms with Crippen LogP contribution in [0.5, 0.6) is 0 Å². The number of amides is 2. The lowest BCUT2D eigenvalue weighted by Crippen LogP contribution is -2.16. The van der Waals surface area contributed by atoms with E-state index in [9.17, 15) is 9.59 Å². The van der Waals surface area contributed by atoms with Crippen molar-refractivity contribution in [2.75, 3.05) is 16.4 Å². The van der Waals surface area contributed by atoms with Gasteiger partial charge in [-0.2, -0.15) is 0 Å². The van der Waals surface area contributed by atoms with Crippen LogP contribution in [0.25, 0.3) is 0 Å². The number of rotatable bonds is 7. The zero-order valence-corrected chi connectivity index (χ0v) is 18.2. The van der Waals surface area contributed by atoms with Crippen molar-refractivity contribution < 1.29 is 9.59 Å². The number of hydrogen-bond acceptors (Lipinski definition) is 5. The Balaban J connectivity index is 1.49. The molecule has 0 spiro atoms. The van der Waals surface area contributed by atoms with E-state index >= 15 is 0 Å². The summed E-state index contributed by atoms with van der Waals surface area (Å²) in [5.41, 5.74) is 5.56. The summed E-state index contributed by atoms with van der Waals surface area (Å²) in [5, 5.41) is 7.71. The van der Waals surface area contributed by atoms with Gasteiger partial charge in [0.1, 0.15) is 0 Å². The number of nitrogens with one attached hydrogen (secondary N) is 2. The molecule has 0 aliphatic carbocycles. The predicted octanol–water partition coefficient (Wildman–Crippen LogP) is 4.98. The van der Waals surface area contributed by atoms with Crippen LogP contribution < -0.4 is 10.6 Å². The molecule has 0 aliphatic rings. The quantitative estimate of drug-likeness (QED) is 0.524. The van der Waals surface area contributed by atoms with Gasteiger partial charge in [-0.1, -0.05) is 47.7 Å². The highest BCUT2D eigenvalue weighted by atomic mass is 32.2. The number of nitrogens with zero attached hydrogens (tertiary/aromatic N) is 1. The number of para-hydroxylation sites is 1. The Morgan fingerprint density at radius 1 is 0.966 bits per heavy atom. The monoisotopic (exact) mass is 425 g/mol. The summed E-state index contributed by atoms with van der Waals surface area (Å²) in [7, 11) is 0. The van der Waals surface area contributed by atoms with Crippen molar-refractivity contribution in [3.8, 4) is 0 Å². The average molecular weight is 426 g/mol. The van der Waals surface area contributed by atoms with Gasteiger partial charge in [-0.15, -0.1) is 11.3 Å². The van der Waals surface area contributed by atoms with Crippen LogP contribution in [0.4, 0.5) is 11.4 Å². The third-order valence-electron chi connectivity index (χ3n) is 4.28. The Hall–Kier alpha value is -2.64. The number of thioether (sulfide) groups is 1. The summed E-state index contributed by atoms with van der Waals surface area (Å²) in [6, 6.07) is 13.6. The number of aryl methyl sites for hydroxylation is 3. The van der Waals surface area contributed by atoms with Gasteiger partial charge in [0.25, 0.3) is 0 Å². The SMILES string of the molecule is Cc1ccc(NC(=O)CSc2nc(CC(=O)Nc3c(C)cccc3C)cs2)cc1. The Morgan fingerprint density at radius 2 is 1.66 bits per heavy atom. The van der Waals surface area contributed by atoms with Crippen molar-refractivity contribution in [3.05, 3.63) is 70.2 Å². The molecule has 2 aromatic carbocycles. The largest absolute Gasteiger partial charge is 0.325 e. The molecule has 1 heterocycles. The van der Waals surface area contributed by atoms with Crippen LogP contribution in [-0.4, -0.2) is 22.6 Å². The molecule has 0 atom stereocenters. The van der Waals surface area contributed by atoms with Crippen LogP contribution in [0.1, 0.15) is 22.4 Å². The summed E-state index contributed by atoms with van der Waals surface area (Å²) in [6.45, 7) is 5.95. The van der Waals surface area contributed by atoms with Crippen LogP contribution in [0.3, 0.4) is 0 Å². The first kappa shape index (κ1) is 21.1. The highest BCUT2D eigenvalue weighted by Crippen LogP contribution is 2.24. The number of carbonyl (C=O) groups excluding carboxylic acids is 2. The van der Waals surface area contributed by atoms with Crippen LogP contribution in [-0.2, 0) is 16.0 Å². The number of benzene rings is 2. The van der Waals surface area contributed by atoms with Gasteiger partial charge in [0.15, 0.2) is 4.34 Å². The molecule has 0 saturated heterocycles. The third-order valence-corrected chi connectivity index (χ3v) is 6.35. The van der Waals surface area contributed by atoms with Gasteiger partial charge in [-0.3, -0.25) is 9.59 Å². The third kappa shape index (κ3) is 6.17. The molecule has 150 valence electrons. The van der Waals surface area contributed by atoms with E-state index in [0.29, 0.717) is 5.69 Å². The molecule has 0 bridgehead atoms. The zero-order chi connectivity index (χ0) is 20.8. The van der Waals surface area contributed by atoms with E-state index < -0.39 is 0 Å². The molecule has 5 nitrogen and oxygen atoms in total. The van der Waals surface area contributed by atoms with Crippen LogP contribution in [0, 0.1) is 20.8 Å². The topological polar surface area (TPSA) is 71.1 Å². The highest BCUT2D eigenvalue weighted by molar-refractivity contribution is 8.01. The van der Waals surface area contributed by atoms with Gasteiger partial charge in [0.05, 0.1) is 17.9 Å². The lowest BCUT2D eigenvalue weighted by Gasteiger charge is -2.10. The summed E-state index contributed by atoms with van der Waals surface area (Å²) < 4.78 is 0.777. The van der Waals surface area contributed by atoms with Crippen molar-refractivity contribution in [2.45, 2.75) is 31.5 Å². The number of hydrogen-bond donors (Lipinski definition) is 2. The fourth-order valence-corrected chi connectivity index (χ4v) is 4.40. The van der Waals surface area contributed by atoms with E-state index in [1.807, 2.05) is 68.6 Å². The molecule has 0 fully saturated rings. The van der Waals surface area contributed by atoms with Crippen molar-refractivity contribution in [1.82, 2.24) is 4.98 Å². The van der Waals surface area contributed by atoms with E-state index in [1.165, 1.54) is 23.1 Å². The minimum atomic E-state index is -0.0960. The van der Waals surface area contributed by atoms with E-state index in [4.69, 9.17) is 0 Å². The van der Waals surface area contributed by atoms with Crippen LogP contribution in [0.15, 0.2) is 52.2 Å². The lowest BCUT2D eigenvalue weighted by molar-refractivity contribution is -0.116. The second-order valence-electron chi connectivity index (χ2n) is 6.80. The number of anilines is 2. The van der Waals surface area contributed by atoms with Crippen molar-refractivity contribution in [2.24, 2.45) is 0 Å². The van der Waals surface area contributed by atoms with E-state index in [0.717, 1.165) is 32.4 Å². The lowest BCUT2D eigenvalue weighted by atomic mass is 10.1. The second kappa shape index (κ2) is 9.71. The van der Waals surface area contributed by atoms with E-state index in [1.54, 1.807) is 0 Å². The van der Waals surface area contributed by atoms with Crippen LogP contribution >= 0.6 is 23.1 Å². The molecule has 29 heavy (non-hydrogen) atoms. The first-order chi connectivity index (χ1) is 13.9. The Bertz CT molecular complexity index is 993.